The smallest absolute Gasteiger partial charge is 0.250 e. The standard InChI is InChI=1S/C23H22FN7O3/c1-30(2)17-8-5-14(24)15(27-17)6-7-16(32)20-22(25)29-21(23-26-10-11-34-23)19(28-20)13-4-9-18(33)31(3)12-13/h4-5,8-12H,6-7H2,1-3H3,(H2,25,29). The van der Waals surface area contributed by atoms with Gasteiger partial charge in [-0.1, -0.05) is 0 Å². The summed E-state index contributed by atoms with van der Waals surface area (Å²) >= 11 is 0. The van der Waals surface area contributed by atoms with E-state index in [9.17, 15) is 14.0 Å². The second kappa shape index (κ2) is 9.22. The Balaban J connectivity index is 1.71. The third kappa shape index (κ3) is 4.53. The summed E-state index contributed by atoms with van der Waals surface area (Å²) in [6, 6.07) is 5.82. The molecule has 0 spiro atoms. The minimum absolute atomic E-state index is 0.0597. The number of hydrogen-bond donors (Lipinski definition) is 1. The quantitative estimate of drug-likeness (QED) is 0.410. The number of hydrogen-bond acceptors (Lipinski definition) is 9. The maximum Gasteiger partial charge on any atom is 0.250 e. The van der Waals surface area contributed by atoms with E-state index in [0.29, 0.717) is 11.4 Å². The van der Waals surface area contributed by atoms with Crippen molar-refractivity contribution in [3.8, 4) is 22.8 Å². The Labute approximate surface area is 193 Å². The Morgan fingerprint density at radius 1 is 1.15 bits per heavy atom. The number of nitrogens with zero attached hydrogens (tertiary/aromatic N) is 6. The molecule has 10 nitrogen and oxygen atoms in total. The average molecular weight is 463 g/mol. The van der Waals surface area contributed by atoms with Crippen molar-refractivity contribution < 1.29 is 13.6 Å². The molecule has 0 atom stereocenters. The Morgan fingerprint density at radius 3 is 2.62 bits per heavy atom. The molecule has 0 bridgehead atoms. The Bertz CT molecular complexity index is 1410. The van der Waals surface area contributed by atoms with Crippen LogP contribution in [0.1, 0.15) is 22.6 Å². The number of nitrogens with two attached hydrogens (primary N) is 1. The number of aromatic nitrogens is 5. The number of anilines is 2. The van der Waals surface area contributed by atoms with Crippen LogP contribution in [0.25, 0.3) is 22.8 Å². The van der Waals surface area contributed by atoms with Crippen LogP contribution in [0, 0.1) is 5.82 Å². The lowest BCUT2D eigenvalue weighted by molar-refractivity contribution is 0.0978. The summed E-state index contributed by atoms with van der Waals surface area (Å²) in [5, 5.41) is 0. The van der Waals surface area contributed by atoms with Gasteiger partial charge in [0, 0.05) is 45.4 Å². The van der Waals surface area contributed by atoms with Crippen molar-refractivity contribution >= 4 is 17.4 Å². The molecular formula is C23H22FN7O3. The molecule has 0 fully saturated rings. The fraction of sp³-hybridized carbons (Fsp3) is 0.217. The molecule has 0 unspecified atom stereocenters. The molecule has 4 aromatic heterocycles. The van der Waals surface area contributed by atoms with Crippen LogP contribution in [-0.4, -0.2) is 44.4 Å². The molecule has 34 heavy (non-hydrogen) atoms. The van der Waals surface area contributed by atoms with Gasteiger partial charge in [-0.3, -0.25) is 9.59 Å². The Morgan fingerprint density at radius 2 is 1.94 bits per heavy atom. The van der Waals surface area contributed by atoms with Gasteiger partial charge in [0.2, 0.25) is 11.4 Å². The summed E-state index contributed by atoms with van der Waals surface area (Å²) < 4.78 is 21.0. The predicted molar refractivity (Wildman–Crippen MR) is 124 cm³/mol. The number of aryl methyl sites for hydroxylation is 2. The first-order valence-electron chi connectivity index (χ1n) is 10.3. The predicted octanol–water partition coefficient (Wildman–Crippen LogP) is 2.50. The number of oxazole rings is 1. The zero-order valence-electron chi connectivity index (χ0n) is 18.8. The van der Waals surface area contributed by atoms with Gasteiger partial charge in [-0.2, -0.15) is 0 Å². The lowest BCUT2D eigenvalue weighted by Crippen LogP contribution is -2.16. The minimum atomic E-state index is -0.498. The molecule has 174 valence electrons. The molecule has 0 saturated carbocycles. The average Bonchev–Trinajstić information content (AvgIpc) is 3.34. The SMILES string of the molecule is CN(C)c1ccc(F)c(CCC(=O)c2nc(-c3ccc(=O)n(C)c3)c(-c3ncco3)nc2N)n1. The van der Waals surface area contributed by atoms with Crippen LogP contribution in [0.4, 0.5) is 16.0 Å². The highest BCUT2D eigenvalue weighted by atomic mass is 19.1. The summed E-state index contributed by atoms with van der Waals surface area (Å²) in [5.41, 5.74) is 6.98. The molecule has 0 saturated heterocycles. The number of Topliss-reactive ketones (excluding diaryl/α,β-unsaturated/α-hetero) is 1. The molecule has 0 amide bonds. The second-order valence-corrected chi connectivity index (χ2v) is 7.77. The van der Waals surface area contributed by atoms with Gasteiger partial charge in [-0.05, 0) is 24.6 Å². The van der Waals surface area contributed by atoms with Crippen molar-refractivity contribution in [2.75, 3.05) is 24.7 Å². The fourth-order valence-corrected chi connectivity index (χ4v) is 3.33. The monoisotopic (exact) mass is 463 g/mol. The van der Waals surface area contributed by atoms with Crippen LogP contribution in [0.15, 0.2) is 52.1 Å². The minimum Gasteiger partial charge on any atom is -0.443 e. The van der Waals surface area contributed by atoms with Crippen LogP contribution < -0.4 is 16.2 Å². The van der Waals surface area contributed by atoms with E-state index < -0.39 is 11.6 Å². The number of ketones is 1. The number of halogens is 1. The summed E-state index contributed by atoms with van der Waals surface area (Å²) in [5.74, 6) is -0.291. The normalized spacial score (nSPS) is 10.9. The lowest BCUT2D eigenvalue weighted by Gasteiger charge is -2.13. The number of pyridine rings is 2. The van der Waals surface area contributed by atoms with Gasteiger partial charge in [-0.15, -0.1) is 0 Å². The zero-order valence-corrected chi connectivity index (χ0v) is 18.8. The van der Waals surface area contributed by atoms with Gasteiger partial charge < -0.3 is 19.6 Å². The molecule has 4 rings (SSSR count). The highest BCUT2D eigenvalue weighted by molar-refractivity contribution is 5.99. The number of carbonyl (C=O) groups is 1. The van der Waals surface area contributed by atoms with Gasteiger partial charge in [-0.25, -0.2) is 24.3 Å². The highest BCUT2D eigenvalue weighted by Crippen LogP contribution is 2.30. The molecular weight excluding hydrogens is 441 g/mol. The van der Waals surface area contributed by atoms with Crippen molar-refractivity contribution in [2.45, 2.75) is 12.8 Å². The molecule has 11 heteroatoms. The first-order valence-corrected chi connectivity index (χ1v) is 10.3. The van der Waals surface area contributed by atoms with E-state index in [1.54, 1.807) is 44.4 Å². The van der Waals surface area contributed by atoms with Crippen molar-refractivity contribution in [1.82, 2.24) is 24.5 Å². The number of nitrogen functional groups attached to an aromatic ring is 1. The molecule has 2 N–H and O–H groups in total. The topological polar surface area (TPSA) is 133 Å². The molecule has 0 aromatic carbocycles. The Hall–Kier alpha value is -4.41. The van der Waals surface area contributed by atoms with Crippen molar-refractivity contribution in [3.05, 3.63) is 70.5 Å². The molecule has 0 aliphatic rings. The van der Waals surface area contributed by atoms with E-state index in [4.69, 9.17) is 10.2 Å². The zero-order chi connectivity index (χ0) is 24.4. The summed E-state index contributed by atoms with van der Waals surface area (Å²) in [6.07, 6.45) is 4.37. The van der Waals surface area contributed by atoms with E-state index in [1.807, 2.05) is 0 Å². The largest absolute Gasteiger partial charge is 0.443 e. The van der Waals surface area contributed by atoms with Crippen LogP contribution in [0.2, 0.25) is 0 Å². The van der Waals surface area contributed by atoms with E-state index in [0.717, 1.165) is 0 Å². The van der Waals surface area contributed by atoms with Gasteiger partial charge in [0.05, 0.1) is 11.9 Å². The molecule has 0 aliphatic carbocycles. The first kappa shape index (κ1) is 22.8. The first-order chi connectivity index (χ1) is 16.2. The van der Waals surface area contributed by atoms with Gasteiger partial charge in [0.25, 0.3) is 0 Å². The summed E-state index contributed by atoms with van der Waals surface area (Å²) in [4.78, 5) is 43.8. The number of carbonyl (C=O) groups excluding carboxylic acids is 1. The van der Waals surface area contributed by atoms with Crippen molar-refractivity contribution in [1.29, 1.82) is 0 Å². The van der Waals surface area contributed by atoms with Crippen molar-refractivity contribution in [3.63, 3.8) is 0 Å². The number of rotatable bonds is 7. The van der Waals surface area contributed by atoms with E-state index in [-0.39, 0.29) is 52.9 Å². The fourth-order valence-electron chi connectivity index (χ4n) is 3.33. The maximum absolute atomic E-state index is 14.2. The van der Waals surface area contributed by atoms with Crippen LogP contribution in [0.3, 0.4) is 0 Å². The summed E-state index contributed by atoms with van der Waals surface area (Å²) in [6.45, 7) is 0. The Kier molecular flexibility index (Phi) is 6.17. The van der Waals surface area contributed by atoms with Gasteiger partial charge >= 0.3 is 0 Å². The molecule has 0 aliphatic heterocycles. The third-order valence-electron chi connectivity index (χ3n) is 5.13. The van der Waals surface area contributed by atoms with Gasteiger partial charge in [0.15, 0.2) is 17.3 Å². The highest BCUT2D eigenvalue weighted by Gasteiger charge is 2.22. The van der Waals surface area contributed by atoms with E-state index >= 15 is 0 Å². The molecule has 0 radical (unpaired) electrons. The molecule has 4 heterocycles. The van der Waals surface area contributed by atoms with Crippen LogP contribution >= 0.6 is 0 Å². The summed E-state index contributed by atoms with van der Waals surface area (Å²) in [7, 11) is 5.18. The maximum atomic E-state index is 14.2. The second-order valence-electron chi connectivity index (χ2n) is 7.77. The van der Waals surface area contributed by atoms with Crippen LogP contribution in [0.5, 0.6) is 0 Å². The van der Waals surface area contributed by atoms with Crippen molar-refractivity contribution in [2.24, 2.45) is 7.05 Å². The third-order valence-corrected chi connectivity index (χ3v) is 5.13. The van der Waals surface area contributed by atoms with E-state index in [2.05, 4.69) is 19.9 Å². The van der Waals surface area contributed by atoms with Gasteiger partial charge in [0.1, 0.15) is 29.3 Å². The van der Waals surface area contributed by atoms with Crippen LogP contribution in [-0.2, 0) is 13.5 Å². The molecule has 4 aromatic rings. The lowest BCUT2D eigenvalue weighted by atomic mass is 10.1. The van der Waals surface area contributed by atoms with E-state index in [1.165, 1.54) is 29.2 Å².